The van der Waals surface area contributed by atoms with Crippen molar-refractivity contribution in [1.29, 1.82) is 0 Å². The van der Waals surface area contributed by atoms with E-state index in [0.29, 0.717) is 36.8 Å². The average Bonchev–Trinajstić information content (AvgIpc) is 2.68. The Hall–Kier alpha value is -2.50. The number of nitrogens with zero attached hydrogens (tertiary/aromatic N) is 2. The zero-order chi connectivity index (χ0) is 27.6. The first-order valence-corrected chi connectivity index (χ1v) is 13.8. The highest BCUT2D eigenvalue weighted by atomic mass is 35.5. The van der Waals surface area contributed by atoms with Crippen molar-refractivity contribution in [2.24, 2.45) is 0 Å². The van der Waals surface area contributed by atoms with Crippen molar-refractivity contribution >= 4 is 54.8 Å². The van der Waals surface area contributed by atoms with Crippen LogP contribution in [0.5, 0.6) is 0 Å². The molecule has 2 rings (SSSR count). The quantitative estimate of drug-likeness (QED) is 0.203. The van der Waals surface area contributed by atoms with Crippen LogP contribution in [0.3, 0.4) is 0 Å². The topological polar surface area (TPSA) is 173 Å². The molecule has 0 aliphatic heterocycles. The number of rotatable bonds is 11. The summed E-state index contributed by atoms with van der Waals surface area (Å²) in [7, 11) is -8.64. The summed E-state index contributed by atoms with van der Waals surface area (Å²) in [6, 6.07) is 2.38. The lowest BCUT2D eigenvalue weighted by molar-refractivity contribution is -0.385. The lowest BCUT2D eigenvalue weighted by Crippen LogP contribution is -2.17. The second kappa shape index (κ2) is 11.3. The maximum Gasteiger partial charge on any atom is 0.288 e. The summed E-state index contributed by atoms with van der Waals surface area (Å²) in [4.78, 5) is 20.5. The van der Waals surface area contributed by atoms with Crippen molar-refractivity contribution in [3.63, 3.8) is 0 Å². The van der Waals surface area contributed by atoms with Crippen LogP contribution >= 0.6 is 23.2 Å². The van der Waals surface area contributed by atoms with Crippen molar-refractivity contribution in [2.45, 2.75) is 25.0 Å². The molecule has 0 saturated carbocycles. The van der Waals surface area contributed by atoms with Gasteiger partial charge in [-0.05, 0) is 25.0 Å². The van der Waals surface area contributed by atoms with Gasteiger partial charge >= 0.3 is 0 Å². The van der Waals surface area contributed by atoms with Crippen LogP contribution in [0, 0.1) is 31.9 Å². The molecule has 36 heavy (non-hydrogen) atoms. The van der Waals surface area contributed by atoms with E-state index < -0.39 is 99.3 Å². The van der Waals surface area contributed by atoms with Crippen LogP contribution in [0.2, 0.25) is 10.0 Å². The normalized spacial score (nSPS) is 13.8. The summed E-state index contributed by atoms with van der Waals surface area (Å²) in [5.74, 6) is -2.37. The van der Waals surface area contributed by atoms with Gasteiger partial charge in [-0.1, -0.05) is 23.2 Å². The monoisotopic (exact) mass is 592 g/mol. The van der Waals surface area contributed by atoms with E-state index in [2.05, 4.69) is 0 Å². The minimum Gasteiger partial charge on any atom is -0.262 e. The van der Waals surface area contributed by atoms with Gasteiger partial charge in [0.05, 0.1) is 22.4 Å². The van der Waals surface area contributed by atoms with E-state index in [9.17, 15) is 45.8 Å². The smallest absolute Gasteiger partial charge is 0.262 e. The predicted molar refractivity (Wildman–Crippen MR) is 123 cm³/mol. The molecule has 0 saturated heterocycles. The van der Waals surface area contributed by atoms with Gasteiger partial charge in [0.15, 0.2) is 0 Å². The third-order valence-electron chi connectivity index (χ3n) is 4.49. The van der Waals surface area contributed by atoms with E-state index in [-0.39, 0.29) is 0 Å². The van der Waals surface area contributed by atoms with Crippen LogP contribution < -0.4 is 0 Å². The Morgan fingerprint density at radius 1 is 0.778 bits per heavy atom. The number of hydrogen-bond donors (Lipinski definition) is 0. The molecule has 0 aliphatic rings. The van der Waals surface area contributed by atoms with Gasteiger partial charge in [0.2, 0.25) is 0 Å². The molecule has 0 fully saturated rings. The summed E-state index contributed by atoms with van der Waals surface area (Å²) in [5, 5.41) is 21.2. The molecule has 0 amide bonds. The summed E-state index contributed by atoms with van der Waals surface area (Å²) in [6.45, 7) is 0. The van der Waals surface area contributed by atoms with E-state index in [1.807, 2.05) is 0 Å². The summed E-state index contributed by atoms with van der Waals surface area (Å²) in [6.07, 6.45) is -3.58. The highest BCUT2D eigenvalue weighted by Crippen LogP contribution is 2.39. The van der Waals surface area contributed by atoms with E-state index in [4.69, 9.17) is 31.6 Å². The Labute approximate surface area is 213 Å². The van der Waals surface area contributed by atoms with Gasteiger partial charge < -0.3 is 0 Å². The van der Waals surface area contributed by atoms with Gasteiger partial charge in [-0.3, -0.25) is 28.6 Å². The Balaban J connectivity index is 2.58. The van der Waals surface area contributed by atoms with Crippen molar-refractivity contribution in [3.8, 4) is 0 Å². The van der Waals surface area contributed by atoms with Gasteiger partial charge in [0, 0.05) is 23.3 Å². The van der Waals surface area contributed by atoms with Gasteiger partial charge in [0.25, 0.3) is 31.6 Å². The van der Waals surface area contributed by atoms with E-state index in [0.717, 1.165) is 0 Å². The molecule has 12 nitrogen and oxygen atoms in total. The Morgan fingerprint density at radius 3 is 1.33 bits per heavy atom. The molecule has 2 aromatic rings. The van der Waals surface area contributed by atoms with Crippen LogP contribution in [0.4, 0.5) is 20.2 Å². The Kier molecular flexibility index (Phi) is 9.30. The van der Waals surface area contributed by atoms with E-state index in [1.54, 1.807) is 0 Å². The van der Waals surface area contributed by atoms with Crippen LogP contribution in [0.15, 0.2) is 24.3 Å². The Bertz CT molecular complexity index is 1310. The van der Waals surface area contributed by atoms with Crippen molar-refractivity contribution < 1.29 is 43.8 Å². The van der Waals surface area contributed by atoms with Gasteiger partial charge in [-0.15, -0.1) is 0 Å². The number of hydrogen-bond acceptors (Lipinski definition) is 10. The van der Waals surface area contributed by atoms with Gasteiger partial charge in [-0.25, -0.2) is 8.78 Å². The largest absolute Gasteiger partial charge is 0.288 e. The van der Waals surface area contributed by atoms with Crippen molar-refractivity contribution in [3.05, 3.63) is 77.3 Å². The molecule has 0 aromatic heterocycles. The standard InChI is InChI=1S/C18H16Cl2F2N2O10S2/c1-35(29,30)33-17(9-5-15(23(25)26)11(19)7-13(9)21)3-4-18(34-36(2,31)32)10-6-16(24(27)28)12(20)8-14(10)22/h5-8,17-18H,3-4H2,1-2H3/t17-,18-/m1/s1. The molecule has 0 unspecified atom stereocenters. The van der Waals surface area contributed by atoms with Gasteiger partial charge in [0.1, 0.15) is 33.9 Å². The molecule has 2 atom stereocenters. The van der Waals surface area contributed by atoms with Crippen molar-refractivity contribution in [2.75, 3.05) is 12.5 Å². The second-order valence-electron chi connectivity index (χ2n) is 7.32. The fourth-order valence-corrected chi connectivity index (χ4v) is 4.80. The summed E-state index contributed by atoms with van der Waals surface area (Å²) >= 11 is 11.3. The van der Waals surface area contributed by atoms with Crippen molar-refractivity contribution in [1.82, 2.24) is 0 Å². The fourth-order valence-electron chi connectivity index (χ4n) is 3.12. The maximum atomic E-state index is 14.6. The van der Waals surface area contributed by atoms with Gasteiger partial charge in [-0.2, -0.15) is 16.8 Å². The van der Waals surface area contributed by atoms with E-state index in [1.165, 1.54) is 0 Å². The molecular formula is C18H16Cl2F2N2O10S2. The third-order valence-corrected chi connectivity index (χ3v) is 6.26. The number of benzene rings is 2. The molecule has 0 heterocycles. The molecule has 198 valence electrons. The first-order valence-electron chi connectivity index (χ1n) is 9.42. The van der Waals surface area contributed by atoms with Crippen LogP contribution in [0.1, 0.15) is 36.2 Å². The zero-order valence-corrected chi connectivity index (χ0v) is 21.3. The molecule has 18 heteroatoms. The predicted octanol–water partition coefficient (Wildman–Crippen LogP) is 4.60. The lowest BCUT2D eigenvalue weighted by atomic mass is 9.98. The highest BCUT2D eigenvalue weighted by Gasteiger charge is 2.30. The summed E-state index contributed by atoms with van der Waals surface area (Å²) < 4.78 is 86.1. The number of nitro groups is 2. The average molecular weight is 593 g/mol. The fraction of sp³-hybridized carbons (Fsp3) is 0.333. The molecule has 0 radical (unpaired) electrons. The van der Waals surface area contributed by atoms with Crippen LogP contribution in [-0.4, -0.2) is 39.2 Å². The number of nitro benzene ring substituents is 2. The molecule has 0 bridgehead atoms. The highest BCUT2D eigenvalue weighted by molar-refractivity contribution is 7.86. The first kappa shape index (κ1) is 29.7. The maximum absolute atomic E-state index is 14.6. The second-order valence-corrected chi connectivity index (χ2v) is 11.3. The van der Waals surface area contributed by atoms with Crippen LogP contribution in [0.25, 0.3) is 0 Å². The minimum atomic E-state index is -4.32. The number of halogens is 4. The lowest BCUT2D eigenvalue weighted by Gasteiger charge is -2.22. The molecule has 0 aliphatic carbocycles. The molecular weight excluding hydrogens is 577 g/mol. The Morgan fingerprint density at radius 2 is 1.08 bits per heavy atom. The molecule has 0 spiro atoms. The third kappa shape index (κ3) is 8.01. The summed E-state index contributed by atoms with van der Waals surface area (Å²) in [5.41, 5.74) is -2.81. The zero-order valence-electron chi connectivity index (χ0n) is 18.2. The first-order chi connectivity index (χ1) is 16.4. The molecule has 0 N–H and O–H groups in total. The van der Waals surface area contributed by atoms with Crippen LogP contribution in [-0.2, 0) is 28.6 Å². The van der Waals surface area contributed by atoms with E-state index >= 15 is 0 Å². The molecule has 2 aromatic carbocycles. The minimum absolute atomic E-state index is 0.556. The SMILES string of the molecule is CS(=O)(=O)O[C@H](CC[C@@H](OS(C)(=O)=O)c1cc([N+](=O)[O-])c(Cl)cc1F)c1cc([N+](=O)[O-])c(Cl)cc1F.